The van der Waals surface area contributed by atoms with Gasteiger partial charge in [0.1, 0.15) is 6.54 Å². The first-order valence-corrected chi connectivity index (χ1v) is 9.17. The molecule has 1 aliphatic rings. The average Bonchev–Trinajstić information content (AvgIpc) is 3.07. The lowest BCUT2D eigenvalue weighted by atomic mass is 10.00. The lowest BCUT2D eigenvalue weighted by molar-refractivity contribution is -0.154. The molecule has 1 atom stereocenters. The number of carbonyl (C=O) groups excluding carboxylic acids is 2. The first-order valence-electron chi connectivity index (χ1n) is 9.17. The Bertz CT molecular complexity index is 843. The van der Waals surface area contributed by atoms with Crippen LogP contribution >= 0.6 is 0 Å². The minimum absolute atomic E-state index is 0.128. The van der Waals surface area contributed by atoms with E-state index in [2.05, 4.69) is 5.10 Å². The summed E-state index contributed by atoms with van der Waals surface area (Å²) < 4.78 is 11.0. The van der Waals surface area contributed by atoms with Crippen LogP contribution in [0.25, 0.3) is 11.5 Å². The molecule has 0 aliphatic carbocycles. The standard InChI is InChI=1S/C19H23N3O5/c1-2-15-10-6-7-11-21(15)16(23)13-26-17(24)12-22-19(25)27-18(20-22)14-8-4-3-5-9-14/h3-5,8-9,15H,2,6-7,10-13H2,1H3/t15-/m1/s1. The van der Waals surface area contributed by atoms with Crippen molar-refractivity contribution in [1.29, 1.82) is 0 Å². The largest absolute Gasteiger partial charge is 0.454 e. The molecule has 1 aromatic heterocycles. The van der Waals surface area contributed by atoms with E-state index in [1.807, 2.05) is 13.0 Å². The van der Waals surface area contributed by atoms with Gasteiger partial charge in [0, 0.05) is 18.2 Å². The lowest BCUT2D eigenvalue weighted by Crippen LogP contribution is -2.45. The maximum Gasteiger partial charge on any atom is 0.437 e. The predicted octanol–water partition coefficient (Wildman–Crippen LogP) is 1.84. The van der Waals surface area contributed by atoms with E-state index in [1.165, 1.54) is 0 Å². The van der Waals surface area contributed by atoms with Crippen LogP contribution in [0.5, 0.6) is 0 Å². The molecule has 8 nitrogen and oxygen atoms in total. The van der Waals surface area contributed by atoms with E-state index >= 15 is 0 Å². The van der Waals surface area contributed by atoms with E-state index in [0.29, 0.717) is 12.1 Å². The molecule has 0 unspecified atom stereocenters. The fourth-order valence-electron chi connectivity index (χ4n) is 3.25. The van der Waals surface area contributed by atoms with Crippen molar-refractivity contribution in [2.75, 3.05) is 13.2 Å². The second kappa shape index (κ2) is 8.66. The zero-order chi connectivity index (χ0) is 19.2. The molecule has 1 aromatic carbocycles. The molecule has 2 aromatic rings. The Kier molecular flexibility index (Phi) is 6.05. The van der Waals surface area contributed by atoms with Gasteiger partial charge in [-0.25, -0.2) is 4.79 Å². The van der Waals surface area contributed by atoms with Crippen molar-refractivity contribution in [3.05, 3.63) is 40.9 Å². The Balaban J connectivity index is 1.56. The zero-order valence-corrected chi connectivity index (χ0v) is 15.3. The van der Waals surface area contributed by atoms with Crippen molar-refractivity contribution in [2.45, 2.75) is 45.2 Å². The molecule has 1 amide bonds. The molecule has 8 heteroatoms. The highest BCUT2D eigenvalue weighted by Gasteiger charge is 2.26. The Labute approximate surface area is 156 Å². The Morgan fingerprint density at radius 3 is 2.78 bits per heavy atom. The fraction of sp³-hybridized carbons (Fsp3) is 0.474. The van der Waals surface area contributed by atoms with Crippen molar-refractivity contribution in [2.24, 2.45) is 0 Å². The highest BCUT2D eigenvalue weighted by atomic mass is 16.5. The molecule has 1 aliphatic heterocycles. The maximum atomic E-state index is 12.3. The number of likely N-dealkylation sites (tertiary alicyclic amines) is 1. The first kappa shape index (κ1) is 18.9. The fourth-order valence-corrected chi connectivity index (χ4v) is 3.25. The third kappa shape index (κ3) is 4.64. The van der Waals surface area contributed by atoms with E-state index in [1.54, 1.807) is 29.2 Å². The van der Waals surface area contributed by atoms with Crippen LogP contribution in [0, 0.1) is 0 Å². The lowest BCUT2D eigenvalue weighted by Gasteiger charge is -2.35. The molecule has 144 valence electrons. The van der Waals surface area contributed by atoms with Gasteiger partial charge in [-0.1, -0.05) is 25.1 Å². The summed E-state index contributed by atoms with van der Waals surface area (Å²) in [6.45, 7) is 2.01. The number of aromatic nitrogens is 2. The Morgan fingerprint density at radius 1 is 1.26 bits per heavy atom. The van der Waals surface area contributed by atoms with Crippen molar-refractivity contribution < 1.29 is 18.7 Å². The molecule has 0 radical (unpaired) electrons. The molecular weight excluding hydrogens is 350 g/mol. The monoisotopic (exact) mass is 373 g/mol. The van der Waals surface area contributed by atoms with Crippen LogP contribution < -0.4 is 5.76 Å². The van der Waals surface area contributed by atoms with Gasteiger partial charge in [0.2, 0.25) is 5.89 Å². The van der Waals surface area contributed by atoms with Gasteiger partial charge < -0.3 is 14.1 Å². The second-order valence-electron chi connectivity index (χ2n) is 6.50. The van der Waals surface area contributed by atoms with Crippen molar-refractivity contribution in [3.63, 3.8) is 0 Å². The van der Waals surface area contributed by atoms with Crippen LogP contribution in [0.1, 0.15) is 32.6 Å². The number of benzene rings is 1. The summed E-state index contributed by atoms with van der Waals surface area (Å²) in [6, 6.07) is 9.11. The quantitative estimate of drug-likeness (QED) is 0.717. The number of hydrogen-bond acceptors (Lipinski definition) is 6. The molecular formula is C19H23N3O5. The molecule has 0 saturated carbocycles. The highest BCUT2D eigenvalue weighted by molar-refractivity contribution is 5.81. The summed E-state index contributed by atoms with van der Waals surface area (Å²) in [5.41, 5.74) is 0.632. The zero-order valence-electron chi connectivity index (χ0n) is 15.3. The van der Waals surface area contributed by atoms with Gasteiger partial charge >= 0.3 is 11.7 Å². The molecule has 27 heavy (non-hydrogen) atoms. The van der Waals surface area contributed by atoms with Crippen LogP contribution in [0.4, 0.5) is 0 Å². The number of piperidine rings is 1. The number of rotatable bonds is 6. The molecule has 0 N–H and O–H groups in total. The van der Waals surface area contributed by atoms with E-state index in [-0.39, 0.29) is 24.4 Å². The van der Waals surface area contributed by atoms with Crippen molar-refractivity contribution in [3.8, 4) is 11.5 Å². The normalized spacial score (nSPS) is 16.9. The van der Waals surface area contributed by atoms with Gasteiger partial charge in [-0.2, -0.15) is 4.68 Å². The summed E-state index contributed by atoms with van der Waals surface area (Å²) in [6.07, 6.45) is 3.94. The Hall–Kier alpha value is -2.90. The van der Waals surface area contributed by atoms with E-state index in [0.717, 1.165) is 30.4 Å². The van der Waals surface area contributed by atoms with E-state index in [4.69, 9.17) is 9.15 Å². The van der Waals surface area contributed by atoms with Crippen molar-refractivity contribution in [1.82, 2.24) is 14.7 Å². The predicted molar refractivity (Wildman–Crippen MR) is 96.8 cm³/mol. The van der Waals surface area contributed by atoms with Crippen LogP contribution in [-0.2, 0) is 20.9 Å². The summed E-state index contributed by atoms with van der Waals surface area (Å²) >= 11 is 0. The topological polar surface area (TPSA) is 94.6 Å². The molecule has 0 bridgehead atoms. The third-order valence-electron chi connectivity index (χ3n) is 4.68. The molecule has 0 spiro atoms. The molecule has 2 heterocycles. The second-order valence-corrected chi connectivity index (χ2v) is 6.50. The molecule has 1 fully saturated rings. The minimum Gasteiger partial charge on any atom is -0.454 e. The number of carbonyl (C=O) groups is 2. The molecule has 3 rings (SSSR count). The molecule has 1 saturated heterocycles. The summed E-state index contributed by atoms with van der Waals surface area (Å²) in [7, 11) is 0. The van der Waals surface area contributed by atoms with Gasteiger partial charge in [0.15, 0.2) is 6.61 Å². The van der Waals surface area contributed by atoms with Crippen LogP contribution in [0.3, 0.4) is 0 Å². The minimum atomic E-state index is -0.751. The van der Waals surface area contributed by atoms with Gasteiger partial charge in [0.05, 0.1) is 0 Å². The summed E-state index contributed by atoms with van der Waals surface area (Å²) in [4.78, 5) is 38.0. The highest BCUT2D eigenvalue weighted by Crippen LogP contribution is 2.19. The smallest absolute Gasteiger partial charge is 0.437 e. The van der Waals surface area contributed by atoms with Crippen molar-refractivity contribution >= 4 is 11.9 Å². The maximum absolute atomic E-state index is 12.3. The van der Waals surface area contributed by atoms with Crippen LogP contribution in [-0.4, -0.2) is 45.8 Å². The summed E-state index contributed by atoms with van der Waals surface area (Å²) in [5, 5.41) is 4.00. The third-order valence-corrected chi connectivity index (χ3v) is 4.68. The van der Waals surface area contributed by atoms with Gasteiger partial charge in [0.25, 0.3) is 5.91 Å². The number of nitrogens with zero attached hydrogens (tertiary/aromatic N) is 3. The number of amides is 1. The number of ether oxygens (including phenoxy) is 1. The SMILES string of the molecule is CC[C@@H]1CCCCN1C(=O)COC(=O)Cn1nc(-c2ccccc2)oc1=O. The Morgan fingerprint density at radius 2 is 2.04 bits per heavy atom. The summed E-state index contributed by atoms with van der Waals surface area (Å²) in [5.74, 6) is -1.53. The first-order chi connectivity index (χ1) is 13.1. The number of hydrogen-bond donors (Lipinski definition) is 0. The van der Waals surface area contributed by atoms with Crippen LogP contribution in [0.15, 0.2) is 39.5 Å². The number of esters is 1. The van der Waals surface area contributed by atoms with Gasteiger partial charge in [-0.15, -0.1) is 5.10 Å². The average molecular weight is 373 g/mol. The van der Waals surface area contributed by atoms with E-state index in [9.17, 15) is 14.4 Å². The van der Waals surface area contributed by atoms with Gasteiger partial charge in [-0.3, -0.25) is 9.59 Å². The van der Waals surface area contributed by atoms with Crippen LogP contribution in [0.2, 0.25) is 0 Å². The van der Waals surface area contributed by atoms with E-state index < -0.39 is 18.3 Å². The van der Waals surface area contributed by atoms with Gasteiger partial charge in [-0.05, 0) is 37.8 Å².